The summed E-state index contributed by atoms with van der Waals surface area (Å²) in [7, 11) is 0. The quantitative estimate of drug-likeness (QED) is 0.554. The first-order valence-corrected chi connectivity index (χ1v) is 9.10. The Kier molecular flexibility index (Phi) is 6.19. The van der Waals surface area contributed by atoms with E-state index in [4.69, 9.17) is 0 Å². The van der Waals surface area contributed by atoms with Crippen molar-refractivity contribution in [1.82, 2.24) is 9.80 Å². The third-order valence-electron chi connectivity index (χ3n) is 5.25. The van der Waals surface area contributed by atoms with Gasteiger partial charge < -0.3 is 4.90 Å². The Morgan fingerprint density at radius 3 is 2.17 bits per heavy atom. The van der Waals surface area contributed by atoms with Gasteiger partial charge in [0.1, 0.15) is 0 Å². The van der Waals surface area contributed by atoms with Gasteiger partial charge in [-0.15, -0.1) is 0 Å². The lowest BCUT2D eigenvalue weighted by Gasteiger charge is -2.38. The van der Waals surface area contributed by atoms with Crippen LogP contribution >= 0.6 is 0 Å². The maximum Gasteiger partial charge on any atom is 0.253 e. The van der Waals surface area contributed by atoms with E-state index in [1.54, 1.807) is 0 Å². The molecule has 0 bridgehead atoms. The molecule has 0 saturated carbocycles. The molecule has 0 N–H and O–H groups in total. The summed E-state index contributed by atoms with van der Waals surface area (Å²) in [5.41, 5.74) is 0.328. The summed E-state index contributed by atoms with van der Waals surface area (Å²) >= 11 is 0. The zero-order valence-electron chi connectivity index (χ0n) is 15.2. The van der Waals surface area contributed by atoms with Gasteiger partial charge in [-0.05, 0) is 37.0 Å². The molecule has 0 aromatic carbocycles. The Morgan fingerprint density at radius 2 is 1.62 bits per heavy atom. The van der Waals surface area contributed by atoms with Crippen LogP contribution in [0.1, 0.15) is 59.3 Å². The van der Waals surface area contributed by atoms with Crippen LogP contribution in [0.4, 0.5) is 0 Å². The number of carbonyl (C=O) groups is 3. The molecule has 0 radical (unpaired) electrons. The van der Waals surface area contributed by atoms with Crippen LogP contribution < -0.4 is 0 Å². The van der Waals surface area contributed by atoms with Crippen molar-refractivity contribution in [1.29, 1.82) is 0 Å². The van der Waals surface area contributed by atoms with Crippen molar-refractivity contribution < 1.29 is 14.4 Å². The van der Waals surface area contributed by atoms with E-state index in [9.17, 15) is 14.4 Å². The fourth-order valence-corrected chi connectivity index (χ4v) is 3.53. The molecule has 2 aliphatic rings. The monoisotopic (exact) mass is 334 g/mol. The average molecular weight is 334 g/mol. The van der Waals surface area contributed by atoms with Crippen molar-refractivity contribution in [3.63, 3.8) is 0 Å². The molecule has 0 spiro atoms. The Hall–Kier alpha value is -1.65. The predicted octanol–water partition coefficient (Wildman–Crippen LogP) is 2.76. The topological polar surface area (TPSA) is 57.7 Å². The number of likely N-dealkylation sites (tertiary alicyclic amines) is 1. The third-order valence-corrected chi connectivity index (χ3v) is 5.25. The molecule has 3 amide bonds. The Morgan fingerprint density at radius 1 is 1.04 bits per heavy atom. The zero-order valence-corrected chi connectivity index (χ0v) is 15.2. The van der Waals surface area contributed by atoms with Gasteiger partial charge in [0.2, 0.25) is 5.91 Å². The van der Waals surface area contributed by atoms with Crippen LogP contribution in [0.15, 0.2) is 12.2 Å². The normalized spacial score (nSPS) is 19.5. The van der Waals surface area contributed by atoms with E-state index >= 15 is 0 Å². The van der Waals surface area contributed by atoms with Gasteiger partial charge in [-0.2, -0.15) is 0 Å². The molecule has 1 fully saturated rings. The number of amides is 3. The molecule has 0 aliphatic carbocycles. The van der Waals surface area contributed by atoms with E-state index in [0.717, 1.165) is 45.2 Å². The molecule has 0 aromatic heterocycles. The number of rotatable bonds is 6. The largest absolute Gasteiger partial charge is 0.343 e. The number of imide groups is 1. The predicted molar refractivity (Wildman–Crippen MR) is 93.1 cm³/mol. The minimum atomic E-state index is -0.224. The summed E-state index contributed by atoms with van der Waals surface area (Å²) in [4.78, 5) is 38.4. The fraction of sp³-hybridized carbons (Fsp3) is 0.737. The maximum absolute atomic E-state index is 12.3. The van der Waals surface area contributed by atoms with Crippen LogP contribution in [-0.2, 0) is 14.4 Å². The molecular weight excluding hydrogens is 304 g/mol. The minimum Gasteiger partial charge on any atom is -0.343 e. The van der Waals surface area contributed by atoms with Crippen molar-refractivity contribution in [2.75, 3.05) is 19.6 Å². The molecule has 5 nitrogen and oxygen atoms in total. The lowest BCUT2D eigenvalue weighted by atomic mass is 9.75. The second-order valence-electron chi connectivity index (χ2n) is 7.99. The van der Waals surface area contributed by atoms with E-state index in [1.807, 2.05) is 4.90 Å². The van der Waals surface area contributed by atoms with Crippen LogP contribution in [-0.4, -0.2) is 47.2 Å². The van der Waals surface area contributed by atoms with Crippen molar-refractivity contribution in [2.45, 2.75) is 59.3 Å². The summed E-state index contributed by atoms with van der Waals surface area (Å²) in [5, 5.41) is 0. The second kappa shape index (κ2) is 7.95. The fourth-order valence-electron chi connectivity index (χ4n) is 3.53. The molecule has 0 unspecified atom stereocenters. The molecular formula is C19H30N2O3. The maximum atomic E-state index is 12.3. The number of unbranched alkanes of at least 4 members (excludes halogenated alkanes) is 2. The molecule has 2 rings (SSSR count). The van der Waals surface area contributed by atoms with E-state index in [-0.39, 0.29) is 17.7 Å². The van der Waals surface area contributed by atoms with Gasteiger partial charge in [-0.25, -0.2) is 0 Å². The lowest BCUT2D eigenvalue weighted by Crippen LogP contribution is -2.41. The van der Waals surface area contributed by atoms with E-state index in [0.29, 0.717) is 24.3 Å². The van der Waals surface area contributed by atoms with Crippen LogP contribution in [0.2, 0.25) is 0 Å². The molecule has 24 heavy (non-hydrogen) atoms. The Bertz CT molecular complexity index is 493. The average Bonchev–Trinajstić information content (AvgIpc) is 2.85. The highest BCUT2D eigenvalue weighted by molar-refractivity contribution is 6.12. The van der Waals surface area contributed by atoms with Crippen LogP contribution in [0.3, 0.4) is 0 Å². The first-order valence-electron chi connectivity index (χ1n) is 9.10. The van der Waals surface area contributed by atoms with Crippen molar-refractivity contribution in [3.8, 4) is 0 Å². The Balaban J connectivity index is 1.59. The smallest absolute Gasteiger partial charge is 0.253 e. The summed E-state index contributed by atoms with van der Waals surface area (Å²) in [5.74, 6) is 0.499. The molecule has 134 valence electrons. The molecule has 0 aromatic rings. The van der Waals surface area contributed by atoms with Crippen LogP contribution in [0.25, 0.3) is 0 Å². The summed E-state index contributed by atoms with van der Waals surface area (Å²) in [6.07, 6.45) is 7.84. The number of hydrogen-bond acceptors (Lipinski definition) is 3. The second-order valence-corrected chi connectivity index (χ2v) is 7.99. The van der Waals surface area contributed by atoms with E-state index in [2.05, 4.69) is 20.8 Å². The molecule has 1 saturated heterocycles. The van der Waals surface area contributed by atoms with Gasteiger partial charge in [-0.1, -0.05) is 27.2 Å². The number of hydrogen-bond donors (Lipinski definition) is 0. The third kappa shape index (κ3) is 4.92. The number of nitrogens with zero attached hydrogens (tertiary/aromatic N) is 2. The SMILES string of the molecule is CC(C)(C)C1CCN(C(=O)CCCCCN2C(=O)C=CC2=O)CC1. The van der Waals surface area contributed by atoms with Crippen molar-refractivity contribution in [3.05, 3.63) is 12.2 Å². The molecule has 2 heterocycles. The minimum absolute atomic E-state index is 0.224. The van der Waals surface area contributed by atoms with Gasteiger partial charge in [0.15, 0.2) is 0 Å². The van der Waals surface area contributed by atoms with Crippen LogP contribution in [0, 0.1) is 11.3 Å². The van der Waals surface area contributed by atoms with E-state index < -0.39 is 0 Å². The zero-order chi connectivity index (χ0) is 17.7. The van der Waals surface area contributed by atoms with Crippen LogP contribution in [0.5, 0.6) is 0 Å². The summed E-state index contributed by atoms with van der Waals surface area (Å²) in [6.45, 7) is 9.05. The van der Waals surface area contributed by atoms with Gasteiger partial charge >= 0.3 is 0 Å². The first-order chi connectivity index (χ1) is 11.3. The molecule has 5 heteroatoms. The van der Waals surface area contributed by atoms with Crippen molar-refractivity contribution >= 4 is 17.7 Å². The van der Waals surface area contributed by atoms with Gasteiger partial charge in [0.25, 0.3) is 11.8 Å². The summed E-state index contributed by atoms with van der Waals surface area (Å²) < 4.78 is 0. The lowest BCUT2D eigenvalue weighted by molar-refractivity contribution is -0.137. The molecule has 0 atom stereocenters. The Labute approximate surface area is 145 Å². The van der Waals surface area contributed by atoms with Gasteiger partial charge in [0, 0.05) is 38.2 Å². The number of piperidine rings is 1. The van der Waals surface area contributed by atoms with E-state index in [1.165, 1.54) is 17.1 Å². The van der Waals surface area contributed by atoms with Gasteiger partial charge in [-0.3, -0.25) is 19.3 Å². The highest BCUT2D eigenvalue weighted by Crippen LogP contribution is 2.34. The van der Waals surface area contributed by atoms with Gasteiger partial charge in [0.05, 0.1) is 0 Å². The highest BCUT2D eigenvalue weighted by Gasteiger charge is 2.30. The molecule has 2 aliphatic heterocycles. The highest BCUT2D eigenvalue weighted by atomic mass is 16.2. The first kappa shape index (κ1) is 18.7. The number of carbonyl (C=O) groups excluding carboxylic acids is 3. The van der Waals surface area contributed by atoms with Crippen molar-refractivity contribution in [2.24, 2.45) is 11.3 Å². The standard InChI is InChI=1S/C19H30N2O3/c1-19(2,3)15-10-13-20(14-11-15)16(22)7-5-4-6-12-21-17(23)8-9-18(21)24/h8-9,15H,4-7,10-14H2,1-3H3. The summed E-state index contributed by atoms with van der Waals surface area (Å²) in [6, 6.07) is 0.